The van der Waals surface area contributed by atoms with E-state index in [0.717, 1.165) is 49.3 Å². The van der Waals surface area contributed by atoms with Crippen molar-refractivity contribution >= 4 is 49.3 Å². The Kier molecular flexibility index (Phi) is 5.57. The van der Waals surface area contributed by atoms with E-state index in [1.165, 1.54) is 11.3 Å². The van der Waals surface area contributed by atoms with Gasteiger partial charge < -0.3 is 4.57 Å². The van der Waals surface area contributed by atoms with Gasteiger partial charge in [-0.2, -0.15) is 0 Å². The van der Waals surface area contributed by atoms with Crippen LogP contribution in [0.25, 0.3) is 50.3 Å². The second-order valence-electron chi connectivity index (χ2n) is 9.01. The SMILES string of the molecule is O=c1/c(=C/c2cc(-c3ccccc3)n(-c3ccc(Br)cc3)c2-c2ccccc2)sc2nc3ccccc3n12. The Morgan fingerprint density at radius 2 is 1.42 bits per heavy atom. The average molecular weight is 575 g/mol. The molecular formula is C32H20BrN3OS. The van der Waals surface area contributed by atoms with Gasteiger partial charge in [0.25, 0.3) is 5.56 Å². The number of benzene rings is 4. The summed E-state index contributed by atoms with van der Waals surface area (Å²) in [5, 5.41) is 0. The zero-order valence-corrected chi connectivity index (χ0v) is 22.5. The summed E-state index contributed by atoms with van der Waals surface area (Å²) in [7, 11) is 0. The fraction of sp³-hybridized carbons (Fsp3) is 0. The monoisotopic (exact) mass is 573 g/mol. The molecule has 7 rings (SSSR count). The summed E-state index contributed by atoms with van der Waals surface area (Å²) in [4.78, 5) is 19.0. The molecule has 182 valence electrons. The molecule has 0 spiro atoms. The summed E-state index contributed by atoms with van der Waals surface area (Å²) in [5.74, 6) is 0. The quantitative estimate of drug-likeness (QED) is 0.221. The van der Waals surface area contributed by atoms with Crippen LogP contribution in [0.2, 0.25) is 0 Å². The number of rotatable bonds is 4. The predicted molar refractivity (Wildman–Crippen MR) is 160 cm³/mol. The third-order valence-electron chi connectivity index (χ3n) is 6.66. The van der Waals surface area contributed by atoms with E-state index >= 15 is 0 Å². The van der Waals surface area contributed by atoms with Gasteiger partial charge in [-0.25, -0.2) is 9.38 Å². The number of halogens is 1. The van der Waals surface area contributed by atoms with Gasteiger partial charge in [-0.05, 0) is 59.7 Å². The van der Waals surface area contributed by atoms with Gasteiger partial charge in [-0.15, -0.1) is 0 Å². The van der Waals surface area contributed by atoms with Gasteiger partial charge in [0.15, 0.2) is 4.96 Å². The highest BCUT2D eigenvalue weighted by molar-refractivity contribution is 9.10. The summed E-state index contributed by atoms with van der Waals surface area (Å²) in [6.45, 7) is 0. The van der Waals surface area contributed by atoms with Crippen LogP contribution in [0.1, 0.15) is 5.56 Å². The standard InChI is InChI=1S/C32H20BrN3OS/c33-24-15-17-25(18-16-24)35-28(21-9-3-1-4-10-21)19-23(30(35)22-11-5-2-6-12-22)20-29-31(37)36-27-14-8-7-13-26(27)34-32(36)38-29/h1-20H/b29-20-. The number of hydrogen-bond donors (Lipinski definition) is 0. The number of fused-ring (bicyclic) bond motifs is 3. The molecule has 0 atom stereocenters. The Balaban J connectivity index is 1.56. The maximum absolute atomic E-state index is 13.6. The van der Waals surface area contributed by atoms with Crippen molar-refractivity contribution in [1.29, 1.82) is 0 Å². The second kappa shape index (κ2) is 9.24. The second-order valence-corrected chi connectivity index (χ2v) is 10.9. The van der Waals surface area contributed by atoms with Gasteiger partial charge in [0.1, 0.15) is 0 Å². The third kappa shape index (κ3) is 3.81. The van der Waals surface area contributed by atoms with E-state index < -0.39 is 0 Å². The van der Waals surface area contributed by atoms with Crippen molar-refractivity contribution in [3.05, 3.63) is 140 Å². The van der Waals surface area contributed by atoms with Crippen molar-refractivity contribution in [3.63, 3.8) is 0 Å². The van der Waals surface area contributed by atoms with E-state index in [1.54, 1.807) is 4.40 Å². The lowest BCUT2D eigenvalue weighted by molar-refractivity contribution is 1.09. The molecule has 4 aromatic carbocycles. The van der Waals surface area contributed by atoms with Crippen LogP contribution < -0.4 is 10.1 Å². The Morgan fingerprint density at radius 1 is 0.763 bits per heavy atom. The maximum atomic E-state index is 13.6. The van der Waals surface area contributed by atoms with Gasteiger partial charge >= 0.3 is 0 Å². The van der Waals surface area contributed by atoms with Crippen molar-refractivity contribution in [2.75, 3.05) is 0 Å². The molecule has 0 fully saturated rings. The summed E-state index contributed by atoms with van der Waals surface area (Å²) < 4.78 is 5.68. The van der Waals surface area contributed by atoms with E-state index in [0.29, 0.717) is 9.49 Å². The van der Waals surface area contributed by atoms with Crippen molar-refractivity contribution in [2.45, 2.75) is 0 Å². The maximum Gasteiger partial charge on any atom is 0.274 e. The summed E-state index contributed by atoms with van der Waals surface area (Å²) >= 11 is 5.00. The van der Waals surface area contributed by atoms with Gasteiger partial charge in [-0.1, -0.05) is 100 Å². The van der Waals surface area contributed by atoms with E-state index in [2.05, 4.69) is 87.2 Å². The highest BCUT2D eigenvalue weighted by Crippen LogP contribution is 2.36. The van der Waals surface area contributed by atoms with Crippen LogP contribution in [0, 0.1) is 0 Å². The topological polar surface area (TPSA) is 39.3 Å². The minimum Gasteiger partial charge on any atom is -0.309 e. The van der Waals surface area contributed by atoms with Crippen LogP contribution in [0.5, 0.6) is 0 Å². The smallest absolute Gasteiger partial charge is 0.274 e. The number of thiazole rings is 1. The van der Waals surface area contributed by atoms with Crippen LogP contribution in [0.3, 0.4) is 0 Å². The zero-order chi connectivity index (χ0) is 25.6. The number of aromatic nitrogens is 3. The average Bonchev–Trinajstić information content (AvgIpc) is 3.61. The molecule has 0 radical (unpaired) electrons. The molecule has 0 aliphatic rings. The van der Waals surface area contributed by atoms with E-state index in [4.69, 9.17) is 4.98 Å². The molecule has 6 heteroatoms. The molecule has 0 N–H and O–H groups in total. The van der Waals surface area contributed by atoms with E-state index in [1.807, 2.05) is 54.6 Å². The van der Waals surface area contributed by atoms with Gasteiger partial charge in [-0.3, -0.25) is 4.79 Å². The lowest BCUT2D eigenvalue weighted by Crippen LogP contribution is -2.22. The van der Waals surface area contributed by atoms with Gasteiger partial charge in [0.2, 0.25) is 0 Å². The highest BCUT2D eigenvalue weighted by Gasteiger charge is 2.19. The molecule has 3 aromatic heterocycles. The first kappa shape index (κ1) is 22.9. The van der Waals surface area contributed by atoms with Crippen LogP contribution >= 0.6 is 27.3 Å². The van der Waals surface area contributed by atoms with Crippen molar-refractivity contribution in [1.82, 2.24) is 14.0 Å². The molecule has 0 saturated carbocycles. The Hall–Kier alpha value is -4.26. The number of para-hydroxylation sites is 2. The van der Waals surface area contributed by atoms with Crippen LogP contribution in [-0.4, -0.2) is 14.0 Å². The summed E-state index contributed by atoms with van der Waals surface area (Å²) in [6, 6.07) is 39.0. The first-order valence-corrected chi connectivity index (χ1v) is 13.8. The molecule has 0 unspecified atom stereocenters. The fourth-order valence-electron chi connectivity index (χ4n) is 4.96. The Labute approximate surface area is 230 Å². The molecule has 4 nitrogen and oxygen atoms in total. The minimum absolute atomic E-state index is 0.0460. The Morgan fingerprint density at radius 3 is 2.16 bits per heavy atom. The molecule has 0 bridgehead atoms. The van der Waals surface area contributed by atoms with Crippen molar-refractivity contribution < 1.29 is 0 Å². The molecule has 0 amide bonds. The predicted octanol–water partition coefficient (Wildman–Crippen LogP) is 7.34. The molecular weight excluding hydrogens is 554 g/mol. The van der Waals surface area contributed by atoms with Crippen LogP contribution in [0.4, 0.5) is 0 Å². The molecule has 7 aromatic rings. The number of nitrogens with zero attached hydrogens (tertiary/aromatic N) is 3. The van der Waals surface area contributed by atoms with E-state index in [9.17, 15) is 4.79 Å². The zero-order valence-electron chi connectivity index (χ0n) is 20.1. The van der Waals surface area contributed by atoms with Crippen LogP contribution in [-0.2, 0) is 0 Å². The molecule has 38 heavy (non-hydrogen) atoms. The third-order valence-corrected chi connectivity index (χ3v) is 8.16. The van der Waals surface area contributed by atoms with Gasteiger partial charge in [0.05, 0.1) is 27.0 Å². The van der Waals surface area contributed by atoms with Crippen molar-refractivity contribution in [2.24, 2.45) is 0 Å². The normalized spacial score (nSPS) is 12.1. The summed E-state index contributed by atoms with van der Waals surface area (Å²) in [5.41, 5.74) is 7.90. The lowest BCUT2D eigenvalue weighted by atomic mass is 10.1. The highest BCUT2D eigenvalue weighted by atomic mass is 79.9. The molecule has 3 heterocycles. The number of imidazole rings is 1. The largest absolute Gasteiger partial charge is 0.309 e. The van der Waals surface area contributed by atoms with Crippen molar-refractivity contribution in [3.8, 4) is 28.2 Å². The molecule has 0 saturated heterocycles. The first-order chi connectivity index (χ1) is 18.7. The minimum atomic E-state index is -0.0460. The molecule has 0 aliphatic carbocycles. The molecule has 0 aliphatic heterocycles. The van der Waals surface area contributed by atoms with E-state index in [-0.39, 0.29) is 5.56 Å². The van der Waals surface area contributed by atoms with Crippen LogP contribution in [0.15, 0.2) is 125 Å². The Bertz CT molecular complexity index is 2040. The summed E-state index contributed by atoms with van der Waals surface area (Å²) in [6.07, 6.45) is 2.01. The number of hydrogen-bond acceptors (Lipinski definition) is 3. The first-order valence-electron chi connectivity index (χ1n) is 12.2. The lowest BCUT2D eigenvalue weighted by Gasteiger charge is -2.15. The fourth-order valence-corrected chi connectivity index (χ4v) is 6.21. The van der Waals surface area contributed by atoms with Gasteiger partial charge in [0, 0.05) is 15.7 Å².